The normalized spacial score (nSPS) is 13.1. The summed E-state index contributed by atoms with van der Waals surface area (Å²) in [4.78, 5) is 12.9. The molecule has 27 heavy (non-hydrogen) atoms. The van der Waals surface area contributed by atoms with Crippen molar-refractivity contribution < 1.29 is 14.3 Å². The summed E-state index contributed by atoms with van der Waals surface area (Å²) in [6, 6.07) is 15.7. The molecule has 0 saturated carbocycles. The van der Waals surface area contributed by atoms with E-state index in [0.29, 0.717) is 5.75 Å². The molecule has 4 nitrogen and oxygen atoms in total. The standard InChI is InChI=1S/C22H29NO3S/c1-15(2)21(27-14-17-9-7-6-8-10-17)22(24)23-16(3)19-12-11-18(25-4)13-20(19)26-5/h6-13,15-16,21H,14H2,1-5H3,(H,23,24)/t16-,21+/m1/s1. The molecule has 0 aromatic heterocycles. The summed E-state index contributed by atoms with van der Waals surface area (Å²) in [7, 11) is 3.25. The van der Waals surface area contributed by atoms with Crippen LogP contribution in [0.5, 0.6) is 11.5 Å². The van der Waals surface area contributed by atoms with Crippen LogP contribution in [0.25, 0.3) is 0 Å². The van der Waals surface area contributed by atoms with Gasteiger partial charge in [0.1, 0.15) is 11.5 Å². The van der Waals surface area contributed by atoms with Gasteiger partial charge in [-0.15, -0.1) is 11.8 Å². The van der Waals surface area contributed by atoms with Crippen molar-refractivity contribution >= 4 is 17.7 Å². The second-order valence-corrected chi connectivity index (χ2v) is 7.93. The second kappa shape index (κ2) is 10.3. The van der Waals surface area contributed by atoms with Gasteiger partial charge >= 0.3 is 0 Å². The summed E-state index contributed by atoms with van der Waals surface area (Å²) in [5.74, 6) is 2.55. The van der Waals surface area contributed by atoms with Gasteiger partial charge in [0.25, 0.3) is 0 Å². The molecule has 0 aliphatic carbocycles. The Balaban J connectivity index is 2.06. The van der Waals surface area contributed by atoms with Gasteiger partial charge in [-0.05, 0) is 30.5 Å². The van der Waals surface area contributed by atoms with Gasteiger partial charge in [0, 0.05) is 17.4 Å². The number of rotatable bonds is 9. The second-order valence-electron chi connectivity index (χ2n) is 6.80. The quantitative estimate of drug-likeness (QED) is 0.669. The molecule has 0 aliphatic heterocycles. The highest BCUT2D eigenvalue weighted by molar-refractivity contribution is 7.99. The molecule has 1 N–H and O–H groups in total. The third kappa shape index (κ3) is 5.93. The van der Waals surface area contributed by atoms with Crippen LogP contribution in [0.1, 0.15) is 37.9 Å². The predicted molar refractivity (Wildman–Crippen MR) is 112 cm³/mol. The first kappa shape index (κ1) is 21.2. The summed E-state index contributed by atoms with van der Waals surface area (Å²) >= 11 is 1.68. The number of carbonyl (C=O) groups excluding carboxylic acids is 1. The number of hydrogen-bond donors (Lipinski definition) is 1. The lowest BCUT2D eigenvalue weighted by atomic mass is 10.1. The van der Waals surface area contributed by atoms with Crippen LogP contribution in [0, 0.1) is 5.92 Å². The Morgan fingerprint density at radius 2 is 1.74 bits per heavy atom. The Morgan fingerprint density at radius 1 is 1.04 bits per heavy atom. The highest BCUT2D eigenvalue weighted by atomic mass is 32.2. The van der Waals surface area contributed by atoms with Crippen molar-refractivity contribution in [1.29, 1.82) is 0 Å². The molecule has 0 radical (unpaired) electrons. The molecule has 5 heteroatoms. The van der Waals surface area contributed by atoms with E-state index in [1.807, 2.05) is 43.3 Å². The number of amides is 1. The summed E-state index contributed by atoms with van der Waals surface area (Å²) in [6.45, 7) is 6.14. The first-order valence-corrected chi connectivity index (χ1v) is 10.2. The molecule has 0 spiro atoms. The zero-order chi connectivity index (χ0) is 19.8. The minimum atomic E-state index is -0.156. The average Bonchev–Trinajstić information content (AvgIpc) is 2.68. The van der Waals surface area contributed by atoms with E-state index in [-0.39, 0.29) is 23.1 Å². The van der Waals surface area contributed by atoms with E-state index in [1.54, 1.807) is 26.0 Å². The maximum absolute atomic E-state index is 12.9. The Bertz CT molecular complexity index is 734. The van der Waals surface area contributed by atoms with Gasteiger partial charge in [0.15, 0.2) is 0 Å². The minimum absolute atomic E-state index is 0.0521. The van der Waals surface area contributed by atoms with Gasteiger partial charge in [-0.2, -0.15) is 0 Å². The Morgan fingerprint density at radius 3 is 2.33 bits per heavy atom. The van der Waals surface area contributed by atoms with Crippen molar-refractivity contribution in [3.63, 3.8) is 0 Å². The number of benzene rings is 2. The number of nitrogens with one attached hydrogen (secondary N) is 1. The van der Waals surface area contributed by atoms with Crippen molar-refractivity contribution in [3.05, 3.63) is 59.7 Å². The molecule has 2 aromatic carbocycles. The van der Waals surface area contributed by atoms with Crippen molar-refractivity contribution in [2.45, 2.75) is 37.8 Å². The van der Waals surface area contributed by atoms with Gasteiger partial charge < -0.3 is 14.8 Å². The number of carbonyl (C=O) groups is 1. The number of ether oxygens (including phenoxy) is 2. The van der Waals surface area contributed by atoms with E-state index in [2.05, 4.69) is 31.3 Å². The number of thioether (sulfide) groups is 1. The Kier molecular flexibility index (Phi) is 8.04. The van der Waals surface area contributed by atoms with Crippen LogP contribution in [0.3, 0.4) is 0 Å². The molecule has 0 heterocycles. The molecule has 1 amide bonds. The first-order chi connectivity index (χ1) is 13.0. The molecule has 0 aliphatic rings. The Labute approximate surface area is 166 Å². The maximum Gasteiger partial charge on any atom is 0.233 e. The minimum Gasteiger partial charge on any atom is -0.497 e. The van der Waals surface area contributed by atoms with Crippen molar-refractivity contribution in [2.75, 3.05) is 14.2 Å². The predicted octanol–water partition coefficient (Wildman–Crippen LogP) is 4.84. The van der Waals surface area contributed by atoms with Crippen LogP contribution in [0.2, 0.25) is 0 Å². The molecular weight excluding hydrogens is 358 g/mol. The topological polar surface area (TPSA) is 47.6 Å². The SMILES string of the molecule is COc1ccc([C@@H](C)NC(=O)[C@@H](SCc2ccccc2)C(C)C)c(OC)c1. The molecule has 146 valence electrons. The third-order valence-electron chi connectivity index (χ3n) is 4.40. The summed E-state index contributed by atoms with van der Waals surface area (Å²) in [5.41, 5.74) is 2.16. The number of methoxy groups -OCH3 is 2. The van der Waals surface area contributed by atoms with Crippen LogP contribution in [0.4, 0.5) is 0 Å². The van der Waals surface area contributed by atoms with Gasteiger partial charge in [-0.1, -0.05) is 44.2 Å². The molecule has 2 aromatic rings. The van der Waals surface area contributed by atoms with Crippen LogP contribution in [0.15, 0.2) is 48.5 Å². The number of hydrogen-bond acceptors (Lipinski definition) is 4. The summed E-state index contributed by atoms with van der Waals surface area (Å²) in [6.07, 6.45) is 0. The third-order valence-corrected chi connectivity index (χ3v) is 6.02. The van der Waals surface area contributed by atoms with Crippen LogP contribution in [-0.2, 0) is 10.5 Å². The van der Waals surface area contributed by atoms with E-state index in [4.69, 9.17) is 9.47 Å². The fraction of sp³-hybridized carbons (Fsp3) is 0.409. The molecule has 0 unspecified atom stereocenters. The monoisotopic (exact) mass is 387 g/mol. The van der Waals surface area contributed by atoms with Crippen LogP contribution >= 0.6 is 11.8 Å². The lowest BCUT2D eigenvalue weighted by Crippen LogP contribution is -2.37. The van der Waals surface area contributed by atoms with Crippen molar-refractivity contribution in [1.82, 2.24) is 5.32 Å². The largest absolute Gasteiger partial charge is 0.497 e. The molecule has 0 saturated heterocycles. The molecule has 0 bridgehead atoms. The van der Waals surface area contributed by atoms with Gasteiger partial charge in [0.05, 0.1) is 25.5 Å². The van der Waals surface area contributed by atoms with E-state index >= 15 is 0 Å². The smallest absolute Gasteiger partial charge is 0.233 e. The van der Waals surface area contributed by atoms with Gasteiger partial charge in [0.2, 0.25) is 5.91 Å². The van der Waals surface area contributed by atoms with E-state index in [0.717, 1.165) is 17.1 Å². The highest BCUT2D eigenvalue weighted by Crippen LogP contribution is 2.30. The van der Waals surface area contributed by atoms with Crippen molar-refractivity contribution in [3.8, 4) is 11.5 Å². The zero-order valence-electron chi connectivity index (χ0n) is 16.7. The van der Waals surface area contributed by atoms with Crippen LogP contribution < -0.4 is 14.8 Å². The average molecular weight is 388 g/mol. The van der Waals surface area contributed by atoms with Crippen LogP contribution in [-0.4, -0.2) is 25.4 Å². The fourth-order valence-corrected chi connectivity index (χ4v) is 4.05. The van der Waals surface area contributed by atoms with Gasteiger partial charge in [-0.3, -0.25) is 4.79 Å². The molecular formula is C22H29NO3S. The van der Waals surface area contributed by atoms with E-state index in [9.17, 15) is 4.79 Å². The Hall–Kier alpha value is -2.14. The lowest BCUT2D eigenvalue weighted by Gasteiger charge is -2.24. The van der Waals surface area contributed by atoms with Crippen molar-refractivity contribution in [2.24, 2.45) is 5.92 Å². The maximum atomic E-state index is 12.9. The van der Waals surface area contributed by atoms with E-state index in [1.165, 1.54) is 5.56 Å². The zero-order valence-corrected chi connectivity index (χ0v) is 17.5. The lowest BCUT2D eigenvalue weighted by molar-refractivity contribution is -0.121. The highest BCUT2D eigenvalue weighted by Gasteiger charge is 2.25. The summed E-state index contributed by atoms with van der Waals surface area (Å²) < 4.78 is 10.7. The molecule has 2 rings (SSSR count). The molecule has 2 atom stereocenters. The summed E-state index contributed by atoms with van der Waals surface area (Å²) in [5, 5.41) is 3.03. The molecule has 0 fully saturated rings. The van der Waals surface area contributed by atoms with Gasteiger partial charge in [-0.25, -0.2) is 0 Å². The van der Waals surface area contributed by atoms with E-state index < -0.39 is 0 Å². The fourth-order valence-electron chi connectivity index (χ4n) is 2.88. The first-order valence-electron chi connectivity index (χ1n) is 9.14.